The van der Waals surface area contributed by atoms with Gasteiger partial charge in [-0.1, -0.05) is 65.2 Å². The highest BCUT2D eigenvalue weighted by Gasteiger charge is 2.33. The highest BCUT2D eigenvalue weighted by molar-refractivity contribution is 7.14. The van der Waals surface area contributed by atoms with Crippen molar-refractivity contribution in [2.24, 2.45) is 5.10 Å². The summed E-state index contributed by atoms with van der Waals surface area (Å²) in [6, 6.07) is 23.8. The topological polar surface area (TPSA) is 50.6 Å². The molecule has 5 nitrogen and oxygen atoms in total. The van der Waals surface area contributed by atoms with E-state index in [2.05, 4.69) is 37.3 Å². The Kier molecular flexibility index (Phi) is 6.32. The third kappa shape index (κ3) is 4.68. The second kappa shape index (κ2) is 9.78. The van der Waals surface area contributed by atoms with Crippen molar-refractivity contribution in [3.8, 4) is 17.0 Å². The quantitative estimate of drug-likeness (QED) is 0.208. The van der Waals surface area contributed by atoms with Crippen LogP contribution in [0.5, 0.6) is 5.75 Å². The Morgan fingerprint density at radius 3 is 2.43 bits per heavy atom. The van der Waals surface area contributed by atoms with Gasteiger partial charge in [-0.3, -0.25) is 0 Å². The number of aromatic nitrogens is 2. The van der Waals surface area contributed by atoms with E-state index < -0.39 is 0 Å². The minimum atomic E-state index is -0.156. The van der Waals surface area contributed by atoms with E-state index in [9.17, 15) is 0 Å². The number of rotatable bonds is 5. The van der Waals surface area contributed by atoms with Gasteiger partial charge in [-0.05, 0) is 48.9 Å². The van der Waals surface area contributed by atoms with E-state index in [1.165, 1.54) is 5.56 Å². The van der Waals surface area contributed by atoms with Crippen molar-refractivity contribution in [2.75, 3.05) is 12.1 Å². The molecule has 0 bridgehead atoms. The molecule has 5 aromatic rings. The Morgan fingerprint density at radius 2 is 1.68 bits per heavy atom. The fourth-order valence-electron chi connectivity index (χ4n) is 4.48. The zero-order valence-electron chi connectivity index (χ0n) is 20.2. The molecule has 3 heterocycles. The minimum absolute atomic E-state index is 0.156. The predicted molar refractivity (Wildman–Crippen MR) is 153 cm³/mol. The Balaban J connectivity index is 1.44. The average Bonchev–Trinajstić information content (AvgIpc) is 3.57. The molecule has 184 valence electrons. The van der Waals surface area contributed by atoms with Gasteiger partial charge in [0.05, 0.1) is 30.1 Å². The first kappa shape index (κ1) is 23.9. The van der Waals surface area contributed by atoms with E-state index >= 15 is 0 Å². The van der Waals surface area contributed by atoms with Crippen molar-refractivity contribution >= 4 is 56.3 Å². The van der Waals surface area contributed by atoms with Gasteiger partial charge in [-0.15, -0.1) is 11.3 Å². The molecule has 8 heteroatoms. The number of ether oxygens (including phenoxy) is 1. The Bertz CT molecular complexity index is 1630. The zero-order valence-corrected chi connectivity index (χ0v) is 22.5. The van der Waals surface area contributed by atoms with Crippen LogP contribution >= 0.6 is 34.5 Å². The number of nitrogens with zero attached hydrogens (tertiary/aromatic N) is 4. The predicted octanol–water partition coefficient (Wildman–Crippen LogP) is 8.34. The summed E-state index contributed by atoms with van der Waals surface area (Å²) in [4.78, 5) is 9.64. The zero-order chi connectivity index (χ0) is 25.5. The molecule has 1 atom stereocenters. The summed E-state index contributed by atoms with van der Waals surface area (Å²) in [6.45, 7) is 2.08. The molecule has 37 heavy (non-hydrogen) atoms. The molecule has 0 aliphatic carbocycles. The van der Waals surface area contributed by atoms with Crippen molar-refractivity contribution in [1.82, 2.24) is 9.97 Å². The summed E-state index contributed by atoms with van der Waals surface area (Å²) in [5, 5.41) is 12.0. The molecule has 0 fully saturated rings. The SMILES string of the molecule is COc1ccc2nc(Cl)c(C3CC(c4ccc(C)cc4)=NN3c3nc(-c4ccc(Cl)cc4)cs3)cc2c1. The maximum absolute atomic E-state index is 6.79. The van der Waals surface area contributed by atoms with E-state index in [0.717, 1.165) is 49.9 Å². The fourth-order valence-corrected chi connectivity index (χ4v) is 5.71. The lowest BCUT2D eigenvalue weighted by atomic mass is 9.98. The first-order valence-electron chi connectivity index (χ1n) is 11.8. The third-order valence-corrected chi connectivity index (χ3v) is 7.87. The number of aryl methyl sites for hydroxylation is 1. The van der Waals surface area contributed by atoms with Crippen LogP contribution in [0.2, 0.25) is 10.2 Å². The second-order valence-corrected chi connectivity index (χ2v) is 10.6. The lowest BCUT2D eigenvalue weighted by Crippen LogP contribution is -2.19. The highest BCUT2D eigenvalue weighted by atomic mass is 35.5. The monoisotopic (exact) mass is 544 g/mol. The number of pyridine rings is 1. The summed E-state index contributed by atoms with van der Waals surface area (Å²) in [7, 11) is 1.66. The van der Waals surface area contributed by atoms with Gasteiger partial charge in [-0.2, -0.15) is 5.10 Å². The lowest BCUT2D eigenvalue weighted by molar-refractivity contribution is 0.415. The molecule has 1 aliphatic rings. The van der Waals surface area contributed by atoms with Crippen molar-refractivity contribution in [3.05, 3.63) is 105 Å². The first-order chi connectivity index (χ1) is 18.0. The van der Waals surface area contributed by atoms with E-state index in [4.69, 9.17) is 43.0 Å². The van der Waals surface area contributed by atoms with Crippen LogP contribution < -0.4 is 9.75 Å². The molecule has 0 saturated carbocycles. The van der Waals surface area contributed by atoms with Gasteiger partial charge in [-0.25, -0.2) is 15.0 Å². The number of hydrogen-bond acceptors (Lipinski definition) is 6. The maximum Gasteiger partial charge on any atom is 0.207 e. The van der Waals surface area contributed by atoms with Gasteiger partial charge in [0.25, 0.3) is 0 Å². The molecule has 2 aromatic heterocycles. The smallest absolute Gasteiger partial charge is 0.207 e. The minimum Gasteiger partial charge on any atom is -0.497 e. The standard InChI is InChI=1S/C29H22Cl2N4OS/c1-17-3-5-18(6-4-17)25-15-27(23-14-20-13-22(36-2)11-12-24(20)32-28(23)31)35(34-25)29-33-26(16-37-29)19-7-9-21(30)10-8-19/h3-14,16,27H,15H2,1-2H3. The van der Waals surface area contributed by atoms with E-state index in [-0.39, 0.29) is 6.04 Å². The van der Waals surface area contributed by atoms with Crippen molar-refractivity contribution in [3.63, 3.8) is 0 Å². The molecule has 0 spiro atoms. The van der Waals surface area contributed by atoms with Gasteiger partial charge in [0.15, 0.2) is 0 Å². The van der Waals surface area contributed by atoms with Gasteiger partial charge >= 0.3 is 0 Å². The number of anilines is 1. The van der Waals surface area contributed by atoms with Crippen molar-refractivity contribution < 1.29 is 4.74 Å². The normalized spacial score (nSPS) is 15.3. The molecule has 0 radical (unpaired) electrons. The number of hydrazone groups is 1. The van der Waals surface area contributed by atoms with Crippen LogP contribution in [0.15, 0.2) is 83.3 Å². The molecule has 0 N–H and O–H groups in total. The number of thiazole rings is 1. The molecular weight excluding hydrogens is 523 g/mol. The van der Waals surface area contributed by atoms with Gasteiger partial charge in [0.2, 0.25) is 5.13 Å². The number of methoxy groups -OCH3 is 1. The molecule has 0 saturated heterocycles. The van der Waals surface area contributed by atoms with Crippen LogP contribution in [0.1, 0.15) is 29.2 Å². The molecule has 0 amide bonds. The largest absolute Gasteiger partial charge is 0.497 e. The van der Waals surface area contributed by atoms with Crippen LogP contribution in [0, 0.1) is 6.92 Å². The molecule has 6 rings (SSSR count). The van der Waals surface area contributed by atoms with Crippen molar-refractivity contribution in [1.29, 1.82) is 0 Å². The molecular formula is C29H22Cl2N4OS. The van der Waals surface area contributed by atoms with Crippen LogP contribution in [-0.4, -0.2) is 22.8 Å². The Hall–Kier alpha value is -3.45. The average molecular weight is 545 g/mol. The second-order valence-electron chi connectivity index (χ2n) is 8.93. The molecule has 3 aromatic carbocycles. The van der Waals surface area contributed by atoms with E-state index in [0.29, 0.717) is 16.6 Å². The molecule has 1 aliphatic heterocycles. The third-order valence-electron chi connectivity index (χ3n) is 6.48. The lowest BCUT2D eigenvalue weighted by Gasteiger charge is -2.22. The van der Waals surface area contributed by atoms with Crippen LogP contribution in [-0.2, 0) is 0 Å². The summed E-state index contributed by atoms with van der Waals surface area (Å²) < 4.78 is 5.43. The van der Waals surface area contributed by atoms with Crippen molar-refractivity contribution in [2.45, 2.75) is 19.4 Å². The summed E-state index contributed by atoms with van der Waals surface area (Å²) in [5.41, 5.74) is 6.87. The number of fused-ring (bicyclic) bond motifs is 1. The summed E-state index contributed by atoms with van der Waals surface area (Å²) >= 11 is 14.4. The van der Waals surface area contributed by atoms with Gasteiger partial charge in [0, 0.05) is 33.3 Å². The van der Waals surface area contributed by atoms with Gasteiger partial charge < -0.3 is 4.74 Å². The van der Waals surface area contributed by atoms with E-state index in [1.807, 2.05) is 52.9 Å². The number of benzene rings is 3. The maximum atomic E-state index is 6.79. The summed E-state index contributed by atoms with van der Waals surface area (Å²) in [5.74, 6) is 0.773. The fraction of sp³-hybridized carbons (Fsp3) is 0.138. The number of halogens is 2. The van der Waals surface area contributed by atoms with Crippen LogP contribution in [0.25, 0.3) is 22.2 Å². The van der Waals surface area contributed by atoms with Gasteiger partial charge in [0.1, 0.15) is 10.9 Å². The first-order valence-corrected chi connectivity index (χ1v) is 13.4. The Labute approximate surface area is 229 Å². The molecule has 1 unspecified atom stereocenters. The summed E-state index contributed by atoms with van der Waals surface area (Å²) in [6.07, 6.45) is 0.676. The van der Waals surface area contributed by atoms with E-state index in [1.54, 1.807) is 18.4 Å². The highest BCUT2D eigenvalue weighted by Crippen LogP contribution is 2.42. The number of hydrogen-bond donors (Lipinski definition) is 0. The van der Waals surface area contributed by atoms with Crippen LogP contribution in [0.4, 0.5) is 5.13 Å². The Morgan fingerprint density at radius 1 is 0.919 bits per heavy atom. The van der Waals surface area contributed by atoms with Crippen LogP contribution in [0.3, 0.4) is 0 Å².